The Balaban J connectivity index is 2.32. The second kappa shape index (κ2) is 4.08. The molecule has 1 atom stereocenters. The molecule has 2 heterocycles. The molecule has 0 aliphatic carbocycles. The molecule has 1 aliphatic heterocycles. The van der Waals surface area contributed by atoms with Gasteiger partial charge in [0.25, 0.3) is 0 Å². The van der Waals surface area contributed by atoms with Crippen LogP contribution in [0.4, 0.5) is 5.95 Å². The summed E-state index contributed by atoms with van der Waals surface area (Å²) in [5.74, 6) is -0.538. The molecule has 1 saturated heterocycles. The molecule has 0 N–H and O–H groups in total. The predicted molar refractivity (Wildman–Crippen MR) is 56.9 cm³/mol. The third kappa shape index (κ3) is 1.98. The topological polar surface area (TPSA) is 69.2 Å². The highest BCUT2D eigenvalue weighted by molar-refractivity contribution is 5.76. The molecule has 1 aromatic heterocycles. The van der Waals surface area contributed by atoms with E-state index in [2.05, 4.69) is 9.97 Å². The highest BCUT2D eigenvalue weighted by Crippen LogP contribution is 2.22. The lowest BCUT2D eigenvalue weighted by Crippen LogP contribution is -2.45. The van der Waals surface area contributed by atoms with Gasteiger partial charge in [0, 0.05) is 17.9 Å². The van der Waals surface area contributed by atoms with Crippen molar-refractivity contribution in [3.05, 3.63) is 17.5 Å². The molecule has 0 bridgehead atoms. The van der Waals surface area contributed by atoms with Gasteiger partial charge in [-0.2, -0.15) is 0 Å². The summed E-state index contributed by atoms with van der Waals surface area (Å²) in [7, 11) is 0. The van der Waals surface area contributed by atoms with E-state index in [4.69, 9.17) is 0 Å². The van der Waals surface area contributed by atoms with E-state index < -0.39 is 12.0 Å². The lowest BCUT2D eigenvalue weighted by molar-refractivity contribution is -0.307. The van der Waals surface area contributed by atoms with Gasteiger partial charge in [0.1, 0.15) is 0 Å². The summed E-state index contributed by atoms with van der Waals surface area (Å²) in [4.78, 5) is 21.2. The standard InChI is InChI=1S/C11H15N3O2/c1-7-6-8(2)13-11(12-7)14-5-3-4-9(14)10(15)16/h6,9H,3-5H2,1-2H3,(H,15,16)/p-1/t9-/m0/s1. The first-order valence-corrected chi connectivity index (χ1v) is 5.37. The van der Waals surface area contributed by atoms with Crippen LogP contribution >= 0.6 is 0 Å². The van der Waals surface area contributed by atoms with Gasteiger partial charge < -0.3 is 14.8 Å². The molecule has 5 heteroatoms. The minimum absolute atomic E-state index is 0.504. The van der Waals surface area contributed by atoms with Crippen LogP contribution in [0, 0.1) is 13.8 Å². The van der Waals surface area contributed by atoms with Crippen molar-refractivity contribution < 1.29 is 9.90 Å². The van der Waals surface area contributed by atoms with Crippen LogP contribution in [0.3, 0.4) is 0 Å². The van der Waals surface area contributed by atoms with Crippen molar-refractivity contribution in [1.29, 1.82) is 0 Å². The summed E-state index contributed by atoms with van der Waals surface area (Å²) in [6.45, 7) is 4.44. The van der Waals surface area contributed by atoms with Crippen molar-refractivity contribution >= 4 is 11.9 Å². The highest BCUT2D eigenvalue weighted by Gasteiger charge is 2.27. The van der Waals surface area contributed by atoms with Gasteiger partial charge in [0.2, 0.25) is 5.95 Å². The molecule has 5 nitrogen and oxygen atoms in total. The summed E-state index contributed by atoms with van der Waals surface area (Å²) >= 11 is 0. The molecule has 1 aromatic rings. The monoisotopic (exact) mass is 220 g/mol. The molecular formula is C11H14N3O2-. The maximum atomic E-state index is 10.9. The summed E-state index contributed by atoms with van der Waals surface area (Å²) in [5.41, 5.74) is 1.71. The van der Waals surface area contributed by atoms with Gasteiger partial charge in [-0.15, -0.1) is 0 Å². The molecule has 0 aromatic carbocycles. The number of carboxylic acids is 1. The number of hydrogen-bond donors (Lipinski definition) is 0. The van der Waals surface area contributed by atoms with Crippen LogP contribution < -0.4 is 10.0 Å². The van der Waals surface area contributed by atoms with E-state index in [1.807, 2.05) is 19.9 Å². The Bertz CT molecular complexity index is 399. The van der Waals surface area contributed by atoms with Crippen molar-refractivity contribution in [1.82, 2.24) is 9.97 Å². The van der Waals surface area contributed by atoms with Crippen LogP contribution in [0.1, 0.15) is 24.2 Å². The van der Waals surface area contributed by atoms with E-state index in [1.165, 1.54) is 0 Å². The van der Waals surface area contributed by atoms with Crippen LogP contribution in [0.5, 0.6) is 0 Å². The van der Waals surface area contributed by atoms with Crippen LogP contribution in [0.25, 0.3) is 0 Å². The van der Waals surface area contributed by atoms with E-state index in [9.17, 15) is 9.90 Å². The second-order valence-corrected chi connectivity index (χ2v) is 4.12. The molecule has 1 aliphatic rings. The zero-order chi connectivity index (χ0) is 11.7. The molecule has 0 unspecified atom stereocenters. The van der Waals surface area contributed by atoms with Gasteiger partial charge in [-0.25, -0.2) is 9.97 Å². The number of aromatic nitrogens is 2. The first kappa shape index (κ1) is 10.9. The fraction of sp³-hybridized carbons (Fsp3) is 0.545. The van der Waals surface area contributed by atoms with Crippen molar-refractivity contribution in [2.75, 3.05) is 11.4 Å². The molecule has 16 heavy (non-hydrogen) atoms. The molecule has 0 radical (unpaired) electrons. The summed E-state index contributed by atoms with van der Waals surface area (Å²) in [5, 5.41) is 10.9. The zero-order valence-electron chi connectivity index (χ0n) is 9.43. The van der Waals surface area contributed by atoms with Crippen LogP contribution in [0.15, 0.2) is 6.07 Å². The van der Waals surface area contributed by atoms with Crippen LogP contribution in [-0.2, 0) is 4.79 Å². The Hall–Kier alpha value is -1.65. The first-order chi connectivity index (χ1) is 7.58. The van der Waals surface area contributed by atoms with Gasteiger partial charge in [-0.05, 0) is 32.8 Å². The minimum Gasteiger partial charge on any atom is -0.548 e. The summed E-state index contributed by atoms with van der Waals surface area (Å²) < 4.78 is 0. The highest BCUT2D eigenvalue weighted by atomic mass is 16.4. The van der Waals surface area contributed by atoms with Crippen LogP contribution in [0.2, 0.25) is 0 Å². The molecule has 0 amide bonds. The van der Waals surface area contributed by atoms with Gasteiger partial charge in [-0.1, -0.05) is 0 Å². The minimum atomic E-state index is -1.04. The van der Waals surface area contributed by atoms with E-state index in [-0.39, 0.29) is 0 Å². The van der Waals surface area contributed by atoms with Crippen LogP contribution in [-0.4, -0.2) is 28.5 Å². The van der Waals surface area contributed by atoms with Gasteiger partial charge in [0.15, 0.2) is 0 Å². The Morgan fingerprint density at radius 1 is 1.44 bits per heavy atom. The van der Waals surface area contributed by atoms with Crippen molar-refractivity contribution in [2.45, 2.75) is 32.7 Å². The normalized spacial score (nSPS) is 20.1. The van der Waals surface area contributed by atoms with Crippen molar-refractivity contribution in [3.63, 3.8) is 0 Å². The third-order valence-corrected chi connectivity index (χ3v) is 2.75. The number of rotatable bonds is 2. The number of aryl methyl sites for hydroxylation is 2. The fourth-order valence-corrected chi connectivity index (χ4v) is 2.09. The number of aliphatic carboxylic acids is 1. The Morgan fingerprint density at radius 3 is 2.62 bits per heavy atom. The largest absolute Gasteiger partial charge is 0.548 e. The Morgan fingerprint density at radius 2 is 2.06 bits per heavy atom. The molecule has 2 rings (SSSR count). The lowest BCUT2D eigenvalue weighted by Gasteiger charge is -2.25. The van der Waals surface area contributed by atoms with Gasteiger partial charge in [0.05, 0.1) is 12.0 Å². The maximum Gasteiger partial charge on any atom is 0.226 e. The first-order valence-electron chi connectivity index (χ1n) is 5.37. The number of carbonyl (C=O) groups is 1. The number of carboxylic acid groups (broad SMARTS) is 1. The van der Waals surface area contributed by atoms with E-state index in [0.717, 1.165) is 17.8 Å². The average molecular weight is 220 g/mol. The Labute approximate surface area is 94.1 Å². The molecular weight excluding hydrogens is 206 g/mol. The van der Waals surface area contributed by atoms with Crippen molar-refractivity contribution in [3.8, 4) is 0 Å². The zero-order valence-corrected chi connectivity index (χ0v) is 9.43. The van der Waals surface area contributed by atoms with Gasteiger partial charge >= 0.3 is 0 Å². The van der Waals surface area contributed by atoms with Gasteiger partial charge in [-0.3, -0.25) is 0 Å². The molecule has 86 valence electrons. The summed E-state index contributed by atoms with van der Waals surface area (Å²) in [6, 6.07) is 1.29. The SMILES string of the molecule is Cc1cc(C)nc(N2CCC[C@H]2C(=O)[O-])n1. The smallest absolute Gasteiger partial charge is 0.226 e. The molecule has 0 saturated carbocycles. The maximum absolute atomic E-state index is 10.9. The number of carbonyl (C=O) groups excluding carboxylic acids is 1. The van der Waals surface area contributed by atoms with E-state index in [0.29, 0.717) is 18.9 Å². The van der Waals surface area contributed by atoms with E-state index >= 15 is 0 Å². The predicted octanol–water partition coefficient (Wildman–Crippen LogP) is -0.188. The van der Waals surface area contributed by atoms with E-state index in [1.54, 1.807) is 4.90 Å². The molecule has 1 fully saturated rings. The Kier molecular flexibility index (Phi) is 2.77. The fourth-order valence-electron chi connectivity index (χ4n) is 2.09. The number of hydrogen-bond acceptors (Lipinski definition) is 5. The second-order valence-electron chi connectivity index (χ2n) is 4.12. The third-order valence-electron chi connectivity index (χ3n) is 2.75. The average Bonchev–Trinajstić information content (AvgIpc) is 2.63. The number of nitrogens with zero attached hydrogens (tertiary/aromatic N) is 3. The van der Waals surface area contributed by atoms with Crippen molar-refractivity contribution in [2.24, 2.45) is 0 Å². The molecule has 0 spiro atoms. The number of anilines is 1. The lowest BCUT2D eigenvalue weighted by atomic mass is 10.2. The summed E-state index contributed by atoms with van der Waals surface area (Å²) in [6.07, 6.45) is 1.45. The quantitative estimate of drug-likeness (QED) is 0.691.